The van der Waals surface area contributed by atoms with Crippen molar-refractivity contribution in [3.05, 3.63) is 59.9 Å². The van der Waals surface area contributed by atoms with Crippen molar-refractivity contribution in [3.63, 3.8) is 0 Å². The Kier molecular flexibility index (Phi) is 3.72. The predicted molar refractivity (Wildman–Crippen MR) is 93.1 cm³/mol. The molecule has 0 unspecified atom stereocenters. The highest BCUT2D eigenvalue weighted by atomic mass is 32.2. The van der Waals surface area contributed by atoms with Gasteiger partial charge in [0.25, 0.3) is 0 Å². The van der Waals surface area contributed by atoms with Crippen LogP contribution in [0.5, 0.6) is 0 Å². The molecular formula is C16H11FN4S2. The smallest absolute Gasteiger partial charge is 0.167 e. The maximum absolute atomic E-state index is 13.6. The van der Waals surface area contributed by atoms with Crippen molar-refractivity contribution in [2.75, 3.05) is 4.72 Å². The van der Waals surface area contributed by atoms with Gasteiger partial charge in [-0.2, -0.15) is 0 Å². The van der Waals surface area contributed by atoms with Crippen LogP contribution in [0.15, 0.2) is 58.9 Å². The molecule has 0 spiro atoms. The number of fused-ring (bicyclic) bond motifs is 1. The fourth-order valence-electron chi connectivity index (χ4n) is 2.15. The van der Waals surface area contributed by atoms with E-state index in [1.54, 1.807) is 35.7 Å². The van der Waals surface area contributed by atoms with Crippen LogP contribution in [0.3, 0.4) is 0 Å². The maximum atomic E-state index is 13.6. The number of aromatic nitrogens is 3. The second-order valence-electron chi connectivity index (χ2n) is 4.79. The summed E-state index contributed by atoms with van der Waals surface area (Å²) in [6.45, 7) is 0. The molecule has 0 saturated carbocycles. The lowest BCUT2D eigenvalue weighted by atomic mass is 10.3. The van der Waals surface area contributed by atoms with Gasteiger partial charge in [-0.05, 0) is 42.3 Å². The topological polar surface area (TPSA) is 53.6 Å². The minimum Gasteiger partial charge on any atom is -0.336 e. The molecule has 0 fully saturated rings. The lowest BCUT2D eigenvalue weighted by Crippen LogP contribution is -1.90. The van der Waals surface area contributed by atoms with Gasteiger partial charge in [0, 0.05) is 16.5 Å². The maximum Gasteiger partial charge on any atom is 0.167 e. The summed E-state index contributed by atoms with van der Waals surface area (Å²) in [5.41, 5.74) is 2.27. The Bertz CT molecular complexity index is 950. The van der Waals surface area contributed by atoms with Crippen LogP contribution < -0.4 is 4.72 Å². The van der Waals surface area contributed by atoms with Crippen molar-refractivity contribution in [2.45, 2.75) is 4.90 Å². The van der Waals surface area contributed by atoms with E-state index in [-0.39, 0.29) is 5.82 Å². The predicted octanol–water partition coefficient (Wildman–Crippen LogP) is 4.94. The van der Waals surface area contributed by atoms with E-state index in [0.717, 1.165) is 26.8 Å². The number of benzene rings is 2. The minimum absolute atomic E-state index is 0.270. The van der Waals surface area contributed by atoms with Gasteiger partial charge in [0.2, 0.25) is 0 Å². The van der Waals surface area contributed by atoms with E-state index < -0.39 is 0 Å². The second-order valence-corrected chi connectivity index (χ2v) is 6.56. The fourth-order valence-corrected chi connectivity index (χ4v) is 3.44. The Morgan fingerprint density at radius 2 is 2.09 bits per heavy atom. The third-order valence-corrected chi connectivity index (χ3v) is 4.83. The third-order valence-electron chi connectivity index (χ3n) is 3.24. The van der Waals surface area contributed by atoms with E-state index in [9.17, 15) is 4.39 Å². The first-order chi connectivity index (χ1) is 11.3. The largest absolute Gasteiger partial charge is 0.336 e. The molecular weight excluding hydrogens is 331 g/mol. The molecule has 4 nitrogen and oxygen atoms in total. The zero-order valence-electron chi connectivity index (χ0n) is 11.8. The van der Waals surface area contributed by atoms with Gasteiger partial charge in [0.05, 0.1) is 16.7 Å². The van der Waals surface area contributed by atoms with E-state index in [0.29, 0.717) is 5.69 Å². The first-order valence-corrected chi connectivity index (χ1v) is 8.56. The lowest BCUT2D eigenvalue weighted by molar-refractivity contribution is 0.632. The van der Waals surface area contributed by atoms with Crippen molar-refractivity contribution < 1.29 is 4.39 Å². The Morgan fingerprint density at radius 3 is 2.91 bits per heavy atom. The number of hydrogen-bond donors (Lipinski definition) is 2. The minimum atomic E-state index is -0.270. The summed E-state index contributed by atoms with van der Waals surface area (Å²) in [6, 6.07) is 12.5. The number of anilines is 1. The molecule has 7 heteroatoms. The number of halogens is 1. The Labute approximate surface area is 139 Å². The molecule has 4 rings (SSSR count). The van der Waals surface area contributed by atoms with Gasteiger partial charge in [-0.15, -0.1) is 11.3 Å². The molecule has 0 aliphatic heterocycles. The van der Waals surface area contributed by atoms with Gasteiger partial charge in [-0.3, -0.25) is 0 Å². The van der Waals surface area contributed by atoms with Crippen molar-refractivity contribution in [3.8, 4) is 10.8 Å². The number of rotatable bonds is 4. The van der Waals surface area contributed by atoms with E-state index >= 15 is 0 Å². The molecule has 0 radical (unpaired) electrons. The lowest BCUT2D eigenvalue weighted by Gasteiger charge is -2.06. The van der Waals surface area contributed by atoms with Crippen molar-refractivity contribution in [1.29, 1.82) is 0 Å². The van der Waals surface area contributed by atoms with Gasteiger partial charge in [-0.1, -0.05) is 12.1 Å². The number of thiazole rings is 1. The molecule has 0 bridgehead atoms. The first-order valence-electron chi connectivity index (χ1n) is 6.86. The van der Waals surface area contributed by atoms with E-state index in [4.69, 9.17) is 0 Å². The molecule has 2 N–H and O–H groups in total. The summed E-state index contributed by atoms with van der Waals surface area (Å²) in [5.74, 6) is 0.493. The zero-order chi connectivity index (χ0) is 15.6. The summed E-state index contributed by atoms with van der Waals surface area (Å²) in [4.78, 5) is 13.0. The average Bonchev–Trinajstić information content (AvgIpc) is 3.22. The van der Waals surface area contributed by atoms with Crippen LogP contribution in [0.1, 0.15) is 0 Å². The quantitative estimate of drug-likeness (QED) is 0.516. The number of nitrogens with zero attached hydrogens (tertiary/aromatic N) is 2. The highest BCUT2D eigenvalue weighted by Gasteiger charge is 2.08. The average molecular weight is 342 g/mol. The molecule has 2 heterocycles. The van der Waals surface area contributed by atoms with Gasteiger partial charge in [0.1, 0.15) is 5.82 Å². The number of H-pyrrole nitrogens is 1. The summed E-state index contributed by atoms with van der Waals surface area (Å²) >= 11 is 2.90. The number of nitrogens with one attached hydrogen (secondary N) is 2. The fraction of sp³-hybridized carbons (Fsp3) is 0. The van der Waals surface area contributed by atoms with Gasteiger partial charge >= 0.3 is 0 Å². The molecule has 114 valence electrons. The summed E-state index contributed by atoms with van der Waals surface area (Å²) < 4.78 is 16.6. The van der Waals surface area contributed by atoms with Gasteiger partial charge in [0.15, 0.2) is 10.8 Å². The molecule has 4 aromatic rings. The van der Waals surface area contributed by atoms with Crippen molar-refractivity contribution >= 4 is 40.0 Å². The van der Waals surface area contributed by atoms with Crippen LogP contribution in [-0.4, -0.2) is 15.0 Å². The standard InChI is InChI=1S/C16H11FN4S2/c17-11-3-1-2-4-12(11)21-23-10-5-6-13-14(9-10)20-15(19-13)16-18-7-8-22-16/h1-9,21H,(H,19,20). The number of aromatic amines is 1. The van der Waals surface area contributed by atoms with Crippen LogP contribution in [0, 0.1) is 5.82 Å². The first kappa shape index (κ1) is 14.2. The van der Waals surface area contributed by atoms with Gasteiger partial charge < -0.3 is 9.71 Å². The molecule has 0 aliphatic rings. The SMILES string of the molecule is Fc1ccccc1NSc1ccc2nc(-c3nccs3)[nH]c2c1. The van der Waals surface area contributed by atoms with Gasteiger partial charge in [-0.25, -0.2) is 14.4 Å². The van der Waals surface area contributed by atoms with E-state index in [1.807, 2.05) is 23.6 Å². The van der Waals surface area contributed by atoms with E-state index in [2.05, 4.69) is 19.7 Å². The molecule has 2 aromatic carbocycles. The van der Waals surface area contributed by atoms with Crippen LogP contribution >= 0.6 is 23.3 Å². The Morgan fingerprint density at radius 1 is 1.17 bits per heavy atom. The molecule has 0 aliphatic carbocycles. The van der Waals surface area contributed by atoms with Crippen LogP contribution in [-0.2, 0) is 0 Å². The highest BCUT2D eigenvalue weighted by molar-refractivity contribution is 8.00. The van der Waals surface area contributed by atoms with Crippen LogP contribution in [0.4, 0.5) is 10.1 Å². The molecule has 2 aromatic heterocycles. The van der Waals surface area contributed by atoms with Crippen molar-refractivity contribution in [2.24, 2.45) is 0 Å². The second kappa shape index (κ2) is 6.02. The van der Waals surface area contributed by atoms with E-state index in [1.165, 1.54) is 18.0 Å². The Balaban J connectivity index is 1.58. The third kappa shape index (κ3) is 2.93. The molecule has 0 amide bonds. The monoisotopic (exact) mass is 342 g/mol. The molecule has 23 heavy (non-hydrogen) atoms. The molecule has 0 atom stereocenters. The number of hydrogen-bond acceptors (Lipinski definition) is 5. The molecule has 0 saturated heterocycles. The summed E-state index contributed by atoms with van der Waals surface area (Å²) in [6.07, 6.45) is 1.76. The number of imidazole rings is 1. The highest BCUT2D eigenvalue weighted by Crippen LogP contribution is 2.27. The van der Waals surface area contributed by atoms with Crippen LogP contribution in [0.2, 0.25) is 0 Å². The summed E-state index contributed by atoms with van der Waals surface area (Å²) in [5, 5.41) is 2.78. The number of para-hydroxylation sites is 1. The Hall–Kier alpha value is -2.38. The zero-order valence-corrected chi connectivity index (χ0v) is 13.4. The normalized spacial score (nSPS) is 11.0. The van der Waals surface area contributed by atoms with Crippen LogP contribution in [0.25, 0.3) is 21.9 Å². The summed E-state index contributed by atoms with van der Waals surface area (Å²) in [7, 11) is 0. The van der Waals surface area contributed by atoms with Crippen molar-refractivity contribution in [1.82, 2.24) is 15.0 Å².